The van der Waals surface area contributed by atoms with Crippen molar-refractivity contribution >= 4 is 5.97 Å². The van der Waals surface area contributed by atoms with Crippen molar-refractivity contribution in [1.82, 2.24) is 0 Å². The molecule has 4 nitrogen and oxygen atoms in total. The molecule has 1 aliphatic heterocycles. The van der Waals surface area contributed by atoms with E-state index in [2.05, 4.69) is 13.0 Å². The zero-order chi connectivity index (χ0) is 14.8. The van der Waals surface area contributed by atoms with Crippen LogP contribution in [0.15, 0.2) is 12.2 Å². The molecule has 3 aliphatic rings. The van der Waals surface area contributed by atoms with Gasteiger partial charge in [0.05, 0.1) is 13.0 Å². The maximum atomic E-state index is 11.8. The van der Waals surface area contributed by atoms with Gasteiger partial charge >= 0.3 is 5.97 Å². The SMILES string of the molecule is COC(=O)[C@@H](C)[C@@H]1CC[C@@]2(C)C=C[C@H](O)[C@]3(C)O[C@@]32C1. The highest BCUT2D eigenvalue weighted by molar-refractivity contribution is 5.72. The van der Waals surface area contributed by atoms with Crippen LogP contribution in [0, 0.1) is 17.3 Å². The van der Waals surface area contributed by atoms with Gasteiger partial charge in [0.2, 0.25) is 0 Å². The van der Waals surface area contributed by atoms with Crippen LogP contribution in [0.3, 0.4) is 0 Å². The first-order valence-corrected chi connectivity index (χ1v) is 7.45. The Labute approximate surface area is 120 Å². The van der Waals surface area contributed by atoms with Gasteiger partial charge in [-0.15, -0.1) is 0 Å². The van der Waals surface area contributed by atoms with Crippen molar-refractivity contribution in [2.75, 3.05) is 7.11 Å². The Morgan fingerprint density at radius 3 is 2.85 bits per heavy atom. The van der Waals surface area contributed by atoms with E-state index in [0.717, 1.165) is 19.3 Å². The number of hydrogen-bond acceptors (Lipinski definition) is 4. The van der Waals surface area contributed by atoms with Crippen LogP contribution >= 0.6 is 0 Å². The van der Waals surface area contributed by atoms with Gasteiger partial charge in [0, 0.05) is 5.41 Å². The molecule has 0 amide bonds. The molecule has 2 aliphatic carbocycles. The Bertz CT molecular complexity index is 473. The minimum Gasteiger partial charge on any atom is -0.469 e. The van der Waals surface area contributed by atoms with Crippen molar-refractivity contribution in [3.8, 4) is 0 Å². The average molecular weight is 280 g/mol. The van der Waals surface area contributed by atoms with Crippen LogP contribution in [0.2, 0.25) is 0 Å². The fraction of sp³-hybridized carbons (Fsp3) is 0.812. The summed E-state index contributed by atoms with van der Waals surface area (Å²) in [6.07, 6.45) is 6.23. The third kappa shape index (κ3) is 1.52. The predicted octanol–water partition coefficient (Wildman–Crippen LogP) is 2.06. The molecule has 1 saturated carbocycles. The van der Waals surface area contributed by atoms with Crippen LogP contribution in [0.5, 0.6) is 0 Å². The van der Waals surface area contributed by atoms with Gasteiger partial charge in [-0.05, 0) is 32.1 Å². The smallest absolute Gasteiger partial charge is 0.308 e. The summed E-state index contributed by atoms with van der Waals surface area (Å²) < 4.78 is 11.0. The lowest BCUT2D eigenvalue weighted by molar-refractivity contribution is -0.148. The lowest BCUT2D eigenvalue weighted by Crippen LogP contribution is -2.52. The van der Waals surface area contributed by atoms with Gasteiger partial charge in [0.15, 0.2) is 0 Å². The zero-order valence-corrected chi connectivity index (χ0v) is 12.7. The molecular formula is C16H24O4. The molecule has 0 unspecified atom stereocenters. The number of aliphatic hydroxyl groups excluding tert-OH is 1. The van der Waals surface area contributed by atoms with Gasteiger partial charge in [-0.2, -0.15) is 0 Å². The third-order valence-electron chi connectivity index (χ3n) is 6.14. The zero-order valence-electron chi connectivity index (χ0n) is 12.7. The highest BCUT2D eigenvalue weighted by atomic mass is 16.6. The van der Waals surface area contributed by atoms with Gasteiger partial charge in [-0.1, -0.05) is 26.0 Å². The Hall–Kier alpha value is -0.870. The van der Waals surface area contributed by atoms with Crippen molar-refractivity contribution < 1.29 is 19.4 Å². The first-order chi connectivity index (χ1) is 9.30. The molecule has 1 saturated heterocycles. The second kappa shape index (κ2) is 4.08. The molecule has 0 bridgehead atoms. The summed E-state index contributed by atoms with van der Waals surface area (Å²) in [5.41, 5.74) is -0.850. The largest absolute Gasteiger partial charge is 0.469 e. The maximum absolute atomic E-state index is 11.8. The van der Waals surface area contributed by atoms with Crippen LogP contribution in [0.1, 0.15) is 40.0 Å². The van der Waals surface area contributed by atoms with Crippen molar-refractivity contribution in [2.24, 2.45) is 17.3 Å². The molecule has 112 valence electrons. The van der Waals surface area contributed by atoms with Gasteiger partial charge in [-0.3, -0.25) is 4.79 Å². The van der Waals surface area contributed by atoms with E-state index in [9.17, 15) is 9.90 Å². The summed E-state index contributed by atoms with van der Waals surface area (Å²) >= 11 is 0. The van der Waals surface area contributed by atoms with Crippen molar-refractivity contribution in [1.29, 1.82) is 0 Å². The van der Waals surface area contributed by atoms with Crippen LogP contribution in [0.4, 0.5) is 0 Å². The summed E-state index contributed by atoms with van der Waals surface area (Å²) in [5.74, 6) is -0.00395. The number of methoxy groups -OCH3 is 1. The average Bonchev–Trinajstić information content (AvgIpc) is 3.06. The lowest BCUT2D eigenvalue weighted by atomic mass is 9.55. The molecule has 0 aromatic rings. The molecule has 1 N–H and O–H groups in total. The minimum atomic E-state index is -0.553. The van der Waals surface area contributed by atoms with Gasteiger partial charge in [0.25, 0.3) is 0 Å². The summed E-state index contributed by atoms with van der Waals surface area (Å²) in [6, 6.07) is 0. The van der Waals surface area contributed by atoms with Gasteiger partial charge < -0.3 is 14.6 Å². The Morgan fingerprint density at radius 2 is 2.20 bits per heavy atom. The molecule has 6 atom stereocenters. The first-order valence-electron chi connectivity index (χ1n) is 7.45. The van der Waals surface area contributed by atoms with Gasteiger partial charge in [-0.25, -0.2) is 0 Å². The highest BCUT2D eigenvalue weighted by Gasteiger charge is 2.78. The van der Waals surface area contributed by atoms with Crippen molar-refractivity contribution in [3.63, 3.8) is 0 Å². The molecular weight excluding hydrogens is 256 g/mol. The number of aliphatic hydroxyl groups is 1. The fourth-order valence-corrected chi connectivity index (χ4v) is 4.47. The van der Waals surface area contributed by atoms with E-state index in [1.807, 2.05) is 19.9 Å². The number of esters is 1. The Morgan fingerprint density at radius 1 is 1.50 bits per heavy atom. The predicted molar refractivity (Wildman–Crippen MR) is 74.0 cm³/mol. The van der Waals surface area contributed by atoms with E-state index in [0.29, 0.717) is 0 Å². The second-order valence-corrected chi connectivity index (χ2v) is 7.07. The summed E-state index contributed by atoms with van der Waals surface area (Å²) in [6.45, 7) is 6.13. The minimum absolute atomic E-state index is 0.0344. The Balaban J connectivity index is 1.87. The van der Waals surface area contributed by atoms with Crippen LogP contribution in [-0.2, 0) is 14.3 Å². The van der Waals surface area contributed by atoms with E-state index in [4.69, 9.17) is 9.47 Å². The monoisotopic (exact) mass is 280 g/mol. The normalized spacial score (nSPS) is 50.9. The van der Waals surface area contributed by atoms with E-state index in [1.54, 1.807) is 0 Å². The number of hydrogen-bond donors (Lipinski definition) is 1. The number of ether oxygens (including phenoxy) is 2. The maximum Gasteiger partial charge on any atom is 0.308 e. The van der Waals surface area contributed by atoms with Crippen LogP contribution < -0.4 is 0 Å². The molecule has 4 heteroatoms. The topological polar surface area (TPSA) is 59.1 Å². The van der Waals surface area contributed by atoms with Crippen molar-refractivity contribution in [3.05, 3.63) is 12.2 Å². The van der Waals surface area contributed by atoms with Gasteiger partial charge in [0.1, 0.15) is 17.3 Å². The molecule has 1 spiro atoms. The molecule has 1 heterocycles. The summed E-state index contributed by atoms with van der Waals surface area (Å²) in [7, 11) is 1.44. The molecule has 3 rings (SSSR count). The summed E-state index contributed by atoms with van der Waals surface area (Å²) in [4.78, 5) is 11.8. The van der Waals surface area contributed by atoms with Crippen molar-refractivity contribution in [2.45, 2.75) is 57.3 Å². The van der Waals surface area contributed by atoms with E-state index >= 15 is 0 Å². The fourth-order valence-electron chi connectivity index (χ4n) is 4.47. The number of carbonyl (C=O) groups excluding carboxylic acids is 1. The summed E-state index contributed by atoms with van der Waals surface area (Å²) in [5, 5.41) is 10.2. The van der Waals surface area contributed by atoms with Crippen LogP contribution in [0.25, 0.3) is 0 Å². The van der Waals surface area contributed by atoms with Crippen LogP contribution in [-0.4, -0.2) is 35.5 Å². The highest BCUT2D eigenvalue weighted by Crippen LogP contribution is 2.69. The molecule has 0 radical (unpaired) electrons. The third-order valence-corrected chi connectivity index (χ3v) is 6.14. The first kappa shape index (κ1) is 14.1. The lowest BCUT2D eigenvalue weighted by Gasteiger charge is -2.46. The van der Waals surface area contributed by atoms with E-state index in [1.165, 1.54) is 7.11 Å². The molecule has 2 fully saturated rings. The molecule has 0 aromatic carbocycles. The Kier molecular flexibility index (Phi) is 2.87. The quantitative estimate of drug-likeness (QED) is 0.478. The number of epoxide rings is 1. The number of rotatable bonds is 2. The standard InChI is InChI=1S/C16H24O4/c1-10(13(18)19-4)11-5-7-14(2)8-6-12(17)15(3)16(14,9-11)20-15/h6,8,10-12,17H,5,7,9H2,1-4H3/t10-,11+,12-,14-,15-,16+/m0/s1. The second-order valence-electron chi connectivity index (χ2n) is 7.07. The molecule has 20 heavy (non-hydrogen) atoms. The molecule has 0 aromatic heterocycles. The van der Waals surface area contributed by atoms with E-state index in [-0.39, 0.29) is 28.8 Å². The number of carbonyl (C=O) groups is 1. The van der Waals surface area contributed by atoms with E-state index < -0.39 is 11.7 Å².